The van der Waals surface area contributed by atoms with Crippen molar-refractivity contribution in [3.05, 3.63) is 39.1 Å². The lowest BCUT2D eigenvalue weighted by molar-refractivity contribution is 0.922. The van der Waals surface area contributed by atoms with Gasteiger partial charge >= 0.3 is 0 Å². The highest BCUT2D eigenvalue weighted by Crippen LogP contribution is 2.27. The molecule has 0 amide bonds. The van der Waals surface area contributed by atoms with E-state index in [1.165, 1.54) is 0 Å². The molecule has 0 aromatic carbocycles. The van der Waals surface area contributed by atoms with Crippen LogP contribution in [0.25, 0.3) is 21.7 Å². The molecule has 0 aliphatic heterocycles. The summed E-state index contributed by atoms with van der Waals surface area (Å²) >= 11 is 1.57. The van der Waals surface area contributed by atoms with E-state index in [2.05, 4.69) is 9.97 Å². The molecule has 0 aliphatic rings. The summed E-state index contributed by atoms with van der Waals surface area (Å²) in [7, 11) is 1.93. The minimum absolute atomic E-state index is 0.0574. The minimum Gasteiger partial charge on any atom is -0.348 e. The maximum Gasteiger partial charge on any atom is 0.260 e. The zero-order valence-corrected chi connectivity index (χ0v) is 11.3. The number of aromatic nitrogens is 3. The van der Waals surface area contributed by atoms with Crippen molar-refractivity contribution in [2.45, 2.75) is 13.8 Å². The summed E-state index contributed by atoms with van der Waals surface area (Å²) in [4.78, 5) is 21.5. The summed E-state index contributed by atoms with van der Waals surface area (Å²) in [5.74, 6) is 0.626. The number of aryl methyl sites for hydroxylation is 3. The molecular formula is C13H13N3OS. The number of H-pyrrole nitrogens is 1. The van der Waals surface area contributed by atoms with Crippen molar-refractivity contribution in [1.82, 2.24) is 14.5 Å². The third kappa shape index (κ3) is 1.51. The number of hydrogen-bond donors (Lipinski definition) is 1. The Hall–Kier alpha value is -1.88. The molecule has 0 unspecified atom stereocenters. The molecule has 92 valence electrons. The lowest BCUT2D eigenvalue weighted by atomic mass is 10.2. The highest BCUT2D eigenvalue weighted by molar-refractivity contribution is 7.18. The Balaban J connectivity index is 2.35. The van der Waals surface area contributed by atoms with Crippen LogP contribution < -0.4 is 5.56 Å². The van der Waals surface area contributed by atoms with E-state index < -0.39 is 0 Å². The van der Waals surface area contributed by atoms with Crippen LogP contribution in [0.3, 0.4) is 0 Å². The van der Waals surface area contributed by atoms with Crippen LogP contribution in [-0.4, -0.2) is 14.5 Å². The van der Waals surface area contributed by atoms with Crippen molar-refractivity contribution in [3.63, 3.8) is 0 Å². The molecule has 0 bridgehead atoms. The first-order valence-corrected chi connectivity index (χ1v) is 6.51. The topological polar surface area (TPSA) is 50.7 Å². The van der Waals surface area contributed by atoms with E-state index in [-0.39, 0.29) is 5.56 Å². The Labute approximate surface area is 108 Å². The molecule has 0 saturated heterocycles. The smallest absolute Gasteiger partial charge is 0.260 e. The first-order chi connectivity index (χ1) is 8.58. The Kier molecular flexibility index (Phi) is 2.38. The van der Waals surface area contributed by atoms with E-state index in [4.69, 9.17) is 0 Å². The van der Waals surface area contributed by atoms with Crippen LogP contribution in [0.1, 0.15) is 10.4 Å². The van der Waals surface area contributed by atoms with Crippen LogP contribution >= 0.6 is 11.3 Å². The number of fused-ring (bicyclic) bond motifs is 1. The van der Waals surface area contributed by atoms with Crippen LogP contribution in [0.2, 0.25) is 0 Å². The summed E-state index contributed by atoms with van der Waals surface area (Å²) < 4.78 is 1.94. The van der Waals surface area contributed by atoms with Crippen molar-refractivity contribution in [2.75, 3.05) is 0 Å². The number of nitrogens with one attached hydrogen (secondary N) is 1. The van der Waals surface area contributed by atoms with E-state index in [0.717, 1.165) is 26.4 Å². The van der Waals surface area contributed by atoms with E-state index in [9.17, 15) is 4.79 Å². The Morgan fingerprint density at radius 1 is 1.39 bits per heavy atom. The third-order valence-corrected chi connectivity index (χ3v) is 4.33. The molecule has 0 fully saturated rings. The predicted octanol–water partition coefficient (Wildman–Crippen LogP) is 2.61. The molecule has 0 atom stereocenters. The average Bonchev–Trinajstić information content (AvgIpc) is 2.84. The first-order valence-electron chi connectivity index (χ1n) is 5.69. The lowest BCUT2D eigenvalue weighted by Gasteiger charge is -2.02. The molecule has 3 aromatic heterocycles. The second kappa shape index (κ2) is 3.81. The molecule has 18 heavy (non-hydrogen) atoms. The number of nitrogens with zero attached hydrogens (tertiary/aromatic N) is 2. The molecule has 1 N–H and O–H groups in total. The van der Waals surface area contributed by atoms with Gasteiger partial charge in [-0.1, -0.05) is 0 Å². The Morgan fingerprint density at radius 3 is 2.83 bits per heavy atom. The number of thiophene rings is 1. The van der Waals surface area contributed by atoms with Crippen molar-refractivity contribution in [1.29, 1.82) is 0 Å². The molecule has 3 aromatic rings. The van der Waals surface area contributed by atoms with E-state index in [1.807, 2.05) is 43.8 Å². The van der Waals surface area contributed by atoms with Crippen LogP contribution in [0.5, 0.6) is 0 Å². The largest absolute Gasteiger partial charge is 0.348 e. The van der Waals surface area contributed by atoms with Gasteiger partial charge < -0.3 is 9.55 Å². The van der Waals surface area contributed by atoms with Crippen LogP contribution in [0, 0.1) is 13.8 Å². The average molecular weight is 259 g/mol. The lowest BCUT2D eigenvalue weighted by Crippen LogP contribution is -2.10. The van der Waals surface area contributed by atoms with Gasteiger partial charge in [0.15, 0.2) is 5.82 Å². The second-order valence-electron chi connectivity index (χ2n) is 4.38. The van der Waals surface area contributed by atoms with E-state index in [0.29, 0.717) is 5.82 Å². The highest BCUT2D eigenvalue weighted by atomic mass is 32.1. The summed E-state index contributed by atoms with van der Waals surface area (Å²) in [5.41, 5.74) is 1.89. The fourth-order valence-corrected chi connectivity index (χ4v) is 3.11. The zero-order chi connectivity index (χ0) is 12.9. The zero-order valence-electron chi connectivity index (χ0n) is 10.4. The summed E-state index contributed by atoms with van der Waals surface area (Å²) in [6.45, 7) is 3.98. The van der Waals surface area contributed by atoms with Gasteiger partial charge in [0.25, 0.3) is 5.56 Å². The van der Waals surface area contributed by atoms with Crippen LogP contribution in [-0.2, 0) is 7.05 Å². The van der Waals surface area contributed by atoms with Crippen LogP contribution in [0.4, 0.5) is 0 Å². The summed E-state index contributed by atoms with van der Waals surface area (Å²) in [5, 5.41) is 0.718. The van der Waals surface area contributed by atoms with Gasteiger partial charge in [0.05, 0.1) is 11.1 Å². The fourth-order valence-electron chi connectivity index (χ4n) is 2.08. The van der Waals surface area contributed by atoms with Crippen molar-refractivity contribution < 1.29 is 0 Å². The molecule has 4 nitrogen and oxygen atoms in total. The van der Waals surface area contributed by atoms with Gasteiger partial charge in [-0.2, -0.15) is 0 Å². The molecular weight excluding hydrogens is 246 g/mol. The van der Waals surface area contributed by atoms with Crippen molar-refractivity contribution >= 4 is 21.6 Å². The Morgan fingerprint density at radius 2 is 2.17 bits per heavy atom. The molecule has 0 radical (unpaired) electrons. The normalized spacial score (nSPS) is 11.3. The van der Waals surface area contributed by atoms with E-state index in [1.54, 1.807) is 11.3 Å². The van der Waals surface area contributed by atoms with Crippen LogP contribution in [0.15, 0.2) is 23.1 Å². The SMILES string of the molecule is Cc1sc2nc(-c3cccn3C)[nH]c(=O)c2c1C. The maximum atomic E-state index is 12.1. The number of aromatic amines is 1. The van der Waals surface area contributed by atoms with Crippen molar-refractivity contribution in [2.24, 2.45) is 7.05 Å². The highest BCUT2D eigenvalue weighted by Gasteiger charge is 2.13. The first kappa shape index (κ1) is 11.2. The van der Waals surface area contributed by atoms with Gasteiger partial charge in [0.2, 0.25) is 0 Å². The quantitative estimate of drug-likeness (QED) is 0.730. The monoisotopic (exact) mass is 259 g/mol. The maximum absolute atomic E-state index is 12.1. The summed E-state index contributed by atoms with van der Waals surface area (Å²) in [6.07, 6.45) is 1.93. The van der Waals surface area contributed by atoms with Gasteiger partial charge in [0.1, 0.15) is 4.83 Å². The molecule has 0 aliphatic carbocycles. The standard InChI is InChI=1S/C13H13N3OS/c1-7-8(2)18-13-10(7)12(17)14-11(15-13)9-5-4-6-16(9)3/h4-6H,1-3H3,(H,14,15,17). The van der Waals surface area contributed by atoms with Gasteiger partial charge in [-0.25, -0.2) is 4.98 Å². The predicted molar refractivity (Wildman–Crippen MR) is 74.1 cm³/mol. The van der Waals surface area contributed by atoms with Crippen molar-refractivity contribution in [3.8, 4) is 11.5 Å². The molecule has 0 spiro atoms. The van der Waals surface area contributed by atoms with Gasteiger partial charge in [-0.15, -0.1) is 11.3 Å². The third-order valence-electron chi connectivity index (χ3n) is 3.23. The molecule has 3 rings (SSSR count). The molecule has 0 saturated carbocycles. The van der Waals surface area contributed by atoms with Gasteiger partial charge in [-0.05, 0) is 31.5 Å². The number of rotatable bonds is 1. The van der Waals surface area contributed by atoms with E-state index >= 15 is 0 Å². The minimum atomic E-state index is -0.0574. The molecule has 5 heteroatoms. The number of hydrogen-bond acceptors (Lipinski definition) is 3. The fraction of sp³-hybridized carbons (Fsp3) is 0.231. The summed E-state index contributed by atoms with van der Waals surface area (Å²) in [6, 6.07) is 3.88. The molecule has 3 heterocycles. The van der Waals surface area contributed by atoms with Gasteiger partial charge in [-0.3, -0.25) is 4.79 Å². The van der Waals surface area contributed by atoms with Gasteiger partial charge in [0, 0.05) is 18.1 Å². The second-order valence-corrected chi connectivity index (χ2v) is 5.59. The Bertz CT molecular complexity index is 794.